The summed E-state index contributed by atoms with van der Waals surface area (Å²) in [5.41, 5.74) is 2.15. The largest absolute Gasteiger partial charge is 0.391 e. The number of piperidine rings is 1. The minimum absolute atomic E-state index is 0.192. The van der Waals surface area contributed by atoms with Crippen LogP contribution in [-0.4, -0.2) is 28.8 Å². The van der Waals surface area contributed by atoms with Crippen LogP contribution in [0.5, 0.6) is 0 Å². The van der Waals surface area contributed by atoms with E-state index in [1.54, 1.807) is 0 Å². The third-order valence-electron chi connectivity index (χ3n) is 3.08. The minimum atomic E-state index is -0.192. The van der Waals surface area contributed by atoms with Crippen molar-refractivity contribution in [3.05, 3.63) is 24.0 Å². The summed E-state index contributed by atoms with van der Waals surface area (Å²) >= 11 is 0. The Labute approximate surface area is 118 Å². The highest BCUT2D eigenvalue weighted by atomic mass is 16.3. The van der Waals surface area contributed by atoms with Crippen LogP contribution in [-0.2, 0) is 0 Å². The summed E-state index contributed by atoms with van der Waals surface area (Å²) in [5, 5.41) is 9.65. The lowest BCUT2D eigenvalue weighted by molar-refractivity contribution is 0.144. The van der Waals surface area contributed by atoms with Crippen LogP contribution >= 0.6 is 0 Å². The molecule has 0 saturated carbocycles. The van der Waals surface area contributed by atoms with E-state index in [-0.39, 0.29) is 6.10 Å². The van der Waals surface area contributed by atoms with Crippen molar-refractivity contribution in [3.63, 3.8) is 0 Å². The zero-order valence-electron chi connectivity index (χ0n) is 13.3. The van der Waals surface area contributed by atoms with Crippen LogP contribution in [0.25, 0.3) is 0 Å². The summed E-state index contributed by atoms with van der Waals surface area (Å²) < 4.78 is 0. The maximum absolute atomic E-state index is 9.65. The van der Waals surface area contributed by atoms with Crippen molar-refractivity contribution in [2.24, 2.45) is 0 Å². The molecular weight excluding hydrogens is 236 g/mol. The summed E-state index contributed by atoms with van der Waals surface area (Å²) in [4.78, 5) is 6.53. The van der Waals surface area contributed by atoms with Crippen molar-refractivity contribution >= 4 is 5.69 Å². The lowest BCUT2D eigenvalue weighted by atomic mass is 10.0. The fourth-order valence-corrected chi connectivity index (χ4v) is 2.08. The maximum Gasteiger partial charge on any atom is 0.0716 e. The third-order valence-corrected chi connectivity index (χ3v) is 3.08. The smallest absolute Gasteiger partial charge is 0.0716 e. The van der Waals surface area contributed by atoms with Crippen LogP contribution in [0.2, 0.25) is 0 Å². The monoisotopic (exact) mass is 266 g/mol. The molecule has 1 aromatic heterocycles. The molecule has 0 amide bonds. The number of hydrogen-bond donors (Lipinski definition) is 1. The highest BCUT2D eigenvalue weighted by molar-refractivity contribution is 5.46. The van der Waals surface area contributed by atoms with Gasteiger partial charge in [-0.15, -0.1) is 0 Å². The van der Waals surface area contributed by atoms with Crippen LogP contribution in [0.15, 0.2) is 18.3 Å². The first-order valence-electron chi connectivity index (χ1n) is 7.54. The Morgan fingerprint density at radius 2 is 1.79 bits per heavy atom. The van der Waals surface area contributed by atoms with Crippen LogP contribution < -0.4 is 4.90 Å². The van der Waals surface area contributed by atoms with Gasteiger partial charge in [0.2, 0.25) is 0 Å². The van der Waals surface area contributed by atoms with E-state index in [9.17, 15) is 5.11 Å². The Kier molecular flexibility index (Phi) is 9.23. The van der Waals surface area contributed by atoms with Crippen LogP contribution in [0, 0.1) is 6.92 Å². The van der Waals surface area contributed by atoms with E-state index in [1.807, 2.05) is 46.9 Å². The molecule has 0 spiro atoms. The lowest BCUT2D eigenvalue weighted by Gasteiger charge is -2.37. The Morgan fingerprint density at radius 1 is 1.16 bits per heavy atom. The zero-order chi connectivity index (χ0) is 14.8. The van der Waals surface area contributed by atoms with Crippen molar-refractivity contribution < 1.29 is 5.11 Å². The molecular formula is C16H30N2O. The van der Waals surface area contributed by atoms with Gasteiger partial charge in [-0.1, -0.05) is 27.7 Å². The topological polar surface area (TPSA) is 36.4 Å². The molecule has 3 heteroatoms. The van der Waals surface area contributed by atoms with Gasteiger partial charge in [0.05, 0.1) is 18.0 Å². The van der Waals surface area contributed by atoms with Gasteiger partial charge in [-0.25, -0.2) is 0 Å². The van der Waals surface area contributed by atoms with Crippen molar-refractivity contribution in [2.45, 2.75) is 66.5 Å². The van der Waals surface area contributed by atoms with E-state index in [0.717, 1.165) is 30.8 Å². The van der Waals surface area contributed by atoms with Gasteiger partial charge in [-0.2, -0.15) is 0 Å². The van der Waals surface area contributed by atoms with E-state index in [2.05, 4.69) is 22.9 Å². The number of aromatic nitrogens is 1. The average Bonchev–Trinajstić information content (AvgIpc) is 2.47. The number of aliphatic hydroxyl groups is 1. The molecule has 19 heavy (non-hydrogen) atoms. The molecule has 1 aliphatic rings. The molecule has 0 aromatic carbocycles. The molecule has 2 heterocycles. The highest BCUT2D eigenvalue weighted by Crippen LogP contribution is 2.23. The standard InChI is InChI=1S/C12H18N2O.2C2H6/c1-9-3-5-11(7-13-9)14-8-12(15)6-4-10(14)2;2*1-2/h3,5,7,10,12,15H,4,6,8H2,1-2H3;2*1-2H3. The third kappa shape index (κ3) is 5.60. The van der Waals surface area contributed by atoms with E-state index < -0.39 is 0 Å². The average molecular weight is 266 g/mol. The van der Waals surface area contributed by atoms with Crippen molar-refractivity contribution in [1.82, 2.24) is 4.98 Å². The molecule has 2 atom stereocenters. The number of nitrogens with zero attached hydrogens (tertiary/aromatic N) is 2. The summed E-state index contributed by atoms with van der Waals surface area (Å²) in [6, 6.07) is 4.60. The predicted molar refractivity (Wildman–Crippen MR) is 83.7 cm³/mol. The molecule has 1 aromatic rings. The molecule has 0 aliphatic carbocycles. The molecule has 0 bridgehead atoms. The first-order chi connectivity index (χ1) is 9.16. The minimum Gasteiger partial charge on any atom is -0.391 e. The van der Waals surface area contributed by atoms with Gasteiger partial charge in [0.25, 0.3) is 0 Å². The second kappa shape index (κ2) is 9.79. The highest BCUT2D eigenvalue weighted by Gasteiger charge is 2.24. The number of rotatable bonds is 1. The van der Waals surface area contributed by atoms with Gasteiger partial charge in [-0.05, 0) is 38.8 Å². The molecule has 0 radical (unpaired) electrons. The number of pyridine rings is 1. The molecule has 1 fully saturated rings. The van der Waals surface area contributed by atoms with Gasteiger partial charge in [0, 0.05) is 18.3 Å². The second-order valence-electron chi connectivity index (χ2n) is 4.39. The molecule has 2 rings (SSSR count). The number of aryl methyl sites for hydroxylation is 1. The van der Waals surface area contributed by atoms with Gasteiger partial charge < -0.3 is 10.0 Å². The second-order valence-corrected chi connectivity index (χ2v) is 4.39. The Balaban J connectivity index is 0.000000741. The number of anilines is 1. The van der Waals surface area contributed by atoms with E-state index in [0.29, 0.717) is 6.04 Å². The Morgan fingerprint density at radius 3 is 2.32 bits per heavy atom. The Bertz CT molecular complexity index is 324. The SMILES string of the molecule is CC.CC.Cc1ccc(N2CC(O)CCC2C)cn1. The van der Waals surface area contributed by atoms with Crippen molar-refractivity contribution in [1.29, 1.82) is 0 Å². The van der Waals surface area contributed by atoms with E-state index in [4.69, 9.17) is 0 Å². The fourth-order valence-electron chi connectivity index (χ4n) is 2.08. The lowest BCUT2D eigenvalue weighted by Crippen LogP contribution is -2.44. The van der Waals surface area contributed by atoms with E-state index >= 15 is 0 Å². The molecule has 3 nitrogen and oxygen atoms in total. The first kappa shape index (κ1) is 17.9. The summed E-state index contributed by atoms with van der Waals surface area (Å²) in [5.74, 6) is 0. The van der Waals surface area contributed by atoms with Gasteiger partial charge in [0.1, 0.15) is 0 Å². The molecule has 1 N–H and O–H groups in total. The summed E-state index contributed by atoms with van der Waals surface area (Å²) in [6.07, 6.45) is 3.66. The molecule has 1 saturated heterocycles. The van der Waals surface area contributed by atoms with Gasteiger partial charge in [0.15, 0.2) is 0 Å². The number of hydrogen-bond acceptors (Lipinski definition) is 3. The van der Waals surface area contributed by atoms with E-state index in [1.165, 1.54) is 0 Å². The number of β-amino-alcohol motifs (C(OH)–C–C–N with tert-alkyl or cyclic N) is 1. The Hall–Kier alpha value is -1.09. The van der Waals surface area contributed by atoms with Crippen LogP contribution in [0.3, 0.4) is 0 Å². The maximum atomic E-state index is 9.65. The molecule has 1 aliphatic heterocycles. The predicted octanol–water partition coefficient (Wildman–Crippen LogP) is 3.79. The first-order valence-corrected chi connectivity index (χ1v) is 7.54. The van der Waals surface area contributed by atoms with Gasteiger partial charge in [-0.3, -0.25) is 4.98 Å². The summed E-state index contributed by atoms with van der Waals surface area (Å²) in [6.45, 7) is 12.9. The van der Waals surface area contributed by atoms with Crippen molar-refractivity contribution in [3.8, 4) is 0 Å². The summed E-state index contributed by atoms with van der Waals surface area (Å²) in [7, 11) is 0. The molecule has 2 unspecified atom stereocenters. The normalized spacial score (nSPS) is 21.7. The number of aliphatic hydroxyl groups excluding tert-OH is 1. The molecule has 110 valence electrons. The quantitative estimate of drug-likeness (QED) is 0.840. The van der Waals surface area contributed by atoms with Gasteiger partial charge >= 0.3 is 0 Å². The zero-order valence-corrected chi connectivity index (χ0v) is 13.3. The van der Waals surface area contributed by atoms with Crippen LogP contribution in [0.4, 0.5) is 5.69 Å². The fraction of sp³-hybridized carbons (Fsp3) is 0.688. The van der Waals surface area contributed by atoms with Crippen LogP contribution in [0.1, 0.15) is 53.2 Å². The van der Waals surface area contributed by atoms with Crippen molar-refractivity contribution in [2.75, 3.05) is 11.4 Å².